The van der Waals surface area contributed by atoms with E-state index in [1.54, 1.807) is 18.2 Å². The molecule has 4 nitrogen and oxygen atoms in total. The number of rotatable bonds is 3. The summed E-state index contributed by atoms with van der Waals surface area (Å²) in [6.45, 7) is -0.00429. The molecule has 1 aromatic carbocycles. The third-order valence-electron chi connectivity index (χ3n) is 1.41. The quantitative estimate of drug-likeness (QED) is 0.500. The fourth-order valence-electron chi connectivity index (χ4n) is 0.857. The van der Waals surface area contributed by atoms with Crippen LogP contribution in [-0.2, 0) is 0 Å². The topological polar surface area (TPSA) is 81.5 Å². The molecular weight excluding hydrogens is 192 g/mol. The fraction of sp³-hybridized carbons (Fsp3) is 0.250. The molecule has 5 N–H and O–H groups in total. The van der Waals surface area contributed by atoms with Crippen molar-refractivity contribution in [1.82, 2.24) is 0 Å². The number of halogens is 1. The van der Waals surface area contributed by atoms with Crippen molar-refractivity contribution in [1.29, 1.82) is 0 Å². The molecule has 1 atom stereocenters. The van der Waals surface area contributed by atoms with Gasteiger partial charge in [0, 0.05) is 5.69 Å². The Hall–Kier alpha value is -1.13. The van der Waals surface area contributed by atoms with E-state index in [0.29, 0.717) is 17.1 Å². The first-order chi connectivity index (χ1) is 6.09. The summed E-state index contributed by atoms with van der Waals surface area (Å²) in [7, 11) is 0. The number of benzene rings is 1. The molecule has 0 saturated heterocycles. The Balaban J connectivity index is 2.67. The average molecular weight is 203 g/mol. The first-order valence-corrected chi connectivity index (χ1v) is 4.13. The van der Waals surface area contributed by atoms with Crippen molar-refractivity contribution >= 4 is 23.0 Å². The van der Waals surface area contributed by atoms with E-state index in [2.05, 4.69) is 0 Å². The second kappa shape index (κ2) is 4.20. The van der Waals surface area contributed by atoms with Crippen molar-refractivity contribution in [3.05, 3.63) is 18.2 Å². The largest absolute Gasteiger partial charge is 0.487 e. The molecule has 0 aliphatic rings. The summed E-state index contributed by atoms with van der Waals surface area (Å²) in [4.78, 5) is 0. The number of ether oxygens (including phenoxy) is 1. The van der Waals surface area contributed by atoms with Crippen molar-refractivity contribution in [2.24, 2.45) is 0 Å². The number of hydrogen-bond donors (Lipinski definition) is 3. The van der Waals surface area contributed by atoms with Gasteiger partial charge in [0.2, 0.25) is 0 Å². The van der Waals surface area contributed by atoms with Gasteiger partial charge in [-0.1, -0.05) is 11.6 Å². The van der Waals surface area contributed by atoms with Gasteiger partial charge in [0.05, 0.1) is 5.69 Å². The summed E-state index contributed by atoms with van der Waals surface area (Å²) in [6, 6.07) is 4.87. The van der Waals surface area contributed by atoms with E-state index < -0.39 is 5.56 Å². The van der Waals surface area contributed by atoms with Gasteiger partial charge in [-0.15, -0.1) is 0 Å². The van der Waals surface area contributed by atoms with E-state index in [9.17, 15) is 0 Å². The summed E-state index contributed by atoms with van der Waals surface area (Å²) in [6.07, 6.45) is 0. The lowest BCUT2D eigenvalue weighted by molar-refractivity contribution is 0.170. The molecule has 0 bridgehead atoms. The maximum absolute atomic E-state index is 8.73. The highest BCUT2D eigenvalue weighted by atomic mass is 35.5. The summed E-state index contributed by atoms with van der Waals surface area (Å²) in [5.74, 6) is 0.467. The van der Waals surface area contributed by atoms with Crippen LogP contribution in [0.3, 0.4) is 0 Å². The number of aliphatic hydroxyl groups excluding tert-OH is 1. The van der Waals surface area contributed by atoms with Crippen LogP contribution in [0.25, 0.3) is 0 Å². The lowest BCUT2D eigenvalue weighted by Gasteiger charge is -2.09. The van der Waals surface area contributed by atoms with Crippen molar-refractivity contribution in [2.45, 2.75) is 5.56 Å². The fourth-order valence-corrected chi connectivity index (χ4v) is 0.920. The maximum atomic E-state index is 8.73. The van der Waals surface area contributed by atoms with Gasteiger partial charge in [-0.3, -0.25) is 0 Å². The van der Waals surface area contributed by atoms with Gasteiger partial charge < -0.3 is 21.3 Å². The van der Waals surface area contributed by atoms with Crippen molar-refractivity contribution < 1.29 is 9.84 Å². The van der Waals surface area contributed by atoms with Gasteiger partial charge in [0.1, 0.15) is 12.4 Å². The molecule has 72 valence electrons. The third-order valence-corrected chi connectivity index (χ3v) is 1.54. The second-order valence-corrected chi connectivity index (χ2v) is 3.05. The number of hydrogen-bond acceptors (Lipinski definition) is 4. The molecule has 0 saturated carbocycles. The van der Waals surface area contributed by atoms with Crippen LogP contribution in [0.1, 0.15) is 0 Å². The Bertz CT molecular complexity index is 291. The van der Waals surface area contributed by atoms with Gasteiger partial charge in [-0.2, -0.15) is 0 Å². The molecular formula is C8H11ClN2O2. The van der Waals surface area contributed by atoms with Crippen LogP contribution in [0.4, 0.5) is 11.4 Å². The Morgan fingerprint density at radius 2 is 2.15 bits per heavy atom. The van der Waals surface area contributed by atoms with Crippen LogP contribution in [-0.4, -0.2) is 17.3 Å². The minimum absolute atomic E-state index is 0.00429. The van der Waals surface area contributed by atoms with Gasteiger partial charge >= 0.3 is 0 Å². The van der Waals surface area contributed by atoms with Crippen molar-refractivity contribution in [3.8, 4) is 5.75 Å². The molecule has 0 spiro atoms. The molecule has 0 heterocycles. The number of aliphatic hydroxyl groups is 1. The van der Waals surface area contributed by atoms with E-state index in [4.69, 9.17) is 32.9 Å². The number of anilines is 2. The van der Waals surface area contributed by atoms with Crippen LogP contribution < -0.4 is 16.2 Å². The SMILES string of the molecule is Nc1ccc(OCC(O)Cl)c(N)c1. The first kappa shape index (κ1) is 9.95. The Kier molecular flexibility index (Phi) is 3.22. The third kappa shape index (κ3) is 3.01. The molecule has 0 fully saturated rings. The molecule has 13 heavy (non-hydrogen) atoms. The minimum Gasteiger partial charge on any atom is -0.487 e. The van der Waals surface area contributed by atoms with E-state index in [1.165, 1.54) is 0 Å². The zero-order valence-electron chi connectivity index (χ0n) is 6.90. The predicted molar refractivity (Wildman–Crippen MR) is 52.6 cm³/mol. The van der Waals surface area contributed by atoms with Crippen LogP contribution in [0.15, 0.2) is 18.2 Å². The lowest BCUT2D eigenvalue weighted by Crippen LogP contribution is -2.11. The Morgan fingerprint density at radius 1 is 1.46 bits per heavy atom. The maximum Gasteiger partial charge on any atom is 0.161 e. The molecule has 0 aromatic heterocycles. The normalized spacial score (nSPS) is 12.5. The molecule has 0 radical (unpaired) electrons. The Labute approximate surface area is 81.1 Å². The van der Waals surface area contributed by atoms with Gasteiger partial charge in [-0.05, 0) is 18.2 Å². The number of nitrogens with two attached hydrogens (primary N) is 2. The van der Waals surface area contributed by atoms with Gasteiger partial charge in [0.25, 0.3) is 0 Å². The molecule has 0 aliphatic carbocycles. The summed E-state index contributed by atoms with van der Waals surface area (Å²) in [5, 5.41) is 8.73. The highest BCUT2D eigenvalue weighted by Crippen LogP contribution is 2.23. The molecule has 0 aliphatic heterocycles. The highest BCUT2D eigenvalue weighted by Gasteiger charge is 2.03. The van der Waals surface area contributed by atoms with Crippen LogP contribution in [0.5, 0.6) is 5.75 Å². The van der Waals surface area contributed by atoms with E-state index in [-0.39, 0.29) is 6.61 Å². The smallest absolute Gasteiger partial charge is 0.161 e. The first-order valence-electron chi connectivity index (χ1n) is 3.69. The molecule has 0 amide bonds. The zero-order valence-corrected chi connectivity index (χ0v) is 7.66. The van der Waals surface area contributed by atoms with Gasteiger partial charge in [0.15, 0.2) is 5.56 Å². The Morgan fingerprint density at radius 3 is 2.69 bits per heavy atom. The summed E-state index contributed by atoms with van der Waals surface area (Å²) >= 11 is 5.28. The molecule has 1 rings (SSSR count). The van der Waals surface area contributed by atoms with E-state index in [0.717, 1.165) is 0 Å². The summed E-state index contributed by atoms with van der Waals surface area (Å²) in [5.41, 5.74) is 11.0. The van der Waals surface area contributed by atoms with E-state index >= 15 is 0 Å². The number of alkyl halides is 1. The summed E-state index contributed by atoms with van der Waals surface area (Å²) < 4.78 is 5.09. The lowest BCUT2D eigenvalue weighted by atomic mass is 10.2. The van der Waals surface area contributed by atoms with Crippen LogP contribution >= 0.6 is 11.6 Å². The number of nitrogen functional groups attached to an aromatic ring is 2. The minimum atomic E-state index is -1.03. The molecule has 1 unspecified atom stereocenters. The van der Waals surface area contributed by atoms with Gasteiger partial charge in [-0.25, -0.2) is 0 Å². The van der Waals surface area contributed by atoms with Crippen LogP contribution in [0.2, 0.25) is 0 Å². The van der Waals surface area contributed by atoms with Crippen molar-refractivity contribution in [3.63, 3.8) is 0 Å². The monoisotopic (exact) mass is 202 g/mol. The predicted octanol–water partition coefficient (Wildman–Crippen LogP) is 0.787. The van der Waals surface area contributed by atoms with Crippen LogP contribution in [0, 0.1) is 0 Å². The highest BCUT2D eigenvalue weighted by molar-refractivity contribution is 6.19. The zero-order chi connectivity index (χ0) is 9.84. The van der Waals surface area contributed by atoms with E-state index in [1.807, 2.05) is 0 Å². The molecule has 1 aromatic rings. The van der Waals surface area contributed by atoms with Crippen molar-refractivity contribution in [2.75, 3.05) is 18.1 Å². The molecule has 5 heteroatoms. The average Bonchev–Trinajstić information content (AvgIpc) is 2.02. The second-order valence-electron chi connectivity index (χ2n) is 2.54. The standard InChI is InChI=1S/C8H11ClN2O2/c9-8(12)4-13-7-2-1-5(10)3-6(7)11/h1-3,8,12H,4,10-11H2.